The highest BCUT2D eigenvalue weighted by Crippen LogP contribution is 2.51. The Morgan fingerprint density at radius 2 is 1.50 bits per heavy atom. The summed E-state index contributed by atoms with van der Waals surface area (Å²) in [5.41, 5.74) is 3.17. The number of nitrogens with zero attached hydrogens (tertiary/aromatic N) is 5. The van der Waals surface area contributed by atoms with Gasteiger partial charge in [0.25, 0.3) is 25.9 Å². The molecule has 4 aromatic carbocycles. The van der Waals surface area contributed by atoms with Crippen LogP contribution in [-0.2, 0) is 29.6 Å². The molecule has 0 spiro atoms. The molecule has 44 heavy (non-hydrogen) atoms. The molecule has 0 aromatic heterocycles. The van der Waals surface area contributed by atoms with E-state index >= 15 is 0 Å². The SMILES string of the molecule is Nc1ccc(S(=O)(=O)O)c(/N=N/c2c(SOOO)cc3cc(S(=O)(=O)O)c(/N=N/c4cccc([N+](=O)[O-])c4)c(O)c3c2O)c1. The zero-order chi connectivity index (χ0) is 32.4. The van der Waals surface area contributed by atoms with Crippen LogP contribution in [0.5, 0.6) is 11.5 Å². The first-order chi connectivity index (χ1) is 20.6. The van der Waals surface area contributed by atoms with E-state index in [1.54, 1.807) is 0 Å². The van der Waals surface area contributed by atoms with Gasteiger partial charge in [-0.1, -0.05) is 11.1 Å². The highest BCUT2D eigenvalue weighted by Gasteiger charge is 2.27. The number of fused-ring (bicyclic) bond motifs is 1. The molecule has 0 fully saturated rings. The van der Waals surface area contributed by atoms with E-state index in [0.29, 0.717) is 0 Å². The minimum absolute atomic E-state index is 0.00911. The Labute approximate surface area is 249 Å². The van der Waals surface area contributed by atoms with Gasteiger partial charge in [-0.25, -0.2) is 5.26 Å². The summed E-state index contributed by atoms with van der Waals surface area (Å²) in [6.07, 6.45) is 0. The van der Waals surface area contributed by atoms with Gasteiger partial charge < -0.3 is 15.9 Å². The van der Waals surface area contributed by atoms with Gasteiger partial charge in [0.15, 0.2) is 11.5 Å². The Hall–Kier alpha value is -4.81. The molecule has 0 atom stereocenters. The van der Waals surface area contributed by atoms with Crippen molar-refractivity contribution in [3.63, 3.8) is 0 Å². The molecule has 0 amide bonds. The summed E-state index contributed by atoms with van der Waals surface area (Å²) in [5, 5.41) is 59.4. The average molecular weight is 669 g/mol. The van der Waals surface area contributed by atoms with Gasteiger partial charge in [0.2, 0.25) is 0 Å². The Morgan fingerprint density at radius 3 is 2.14 bits per heavy atom. The van der Waals surface area contributed by atoms with Crippen LogP contribution >= 0.6 is 12.0 Å². The van der Waals surface area contributed by atoms with Crippen molar-refractivity contribution in [1.82, 2.24) is 0 Å². The van der Waals surface area contributed by atoms with Gasteiger partial charge in [-0.2, -0.15) is 21.9 Å². The first kappa shape index (κ1) is 32.1. The minimum atomic E-state index is -5.14. The summed E-state index contributed by atoms with van der Waals surface area (Å²) in [7, 11) is -9.96. The summed E-state index contributed by atoms with van der Waals surface area (Å²) < 4.78 is 71.7. The molecule has 0 radical (unpaired) electrons. The number of hydrogen-bond acceptors (Lipinski definition) is 17. The first-order valence-corrected chi connectivity index (χ1v) is 14.9. The maximum atomic E-state index is 12.2. The average Bonchev–Trinajstić information content (AvgIpc) is 2.93. The van der Waals surface area contributed by atoms with E-state index in [2.05, 4.69) is 29.8 Å². The third-order valence-corrected chi connectivity index (χ3v) is 7.90. The van der Waals surface area contributed by atoms with Crippen LogP contribution < -0.4 is 5.73 Å². The molecular weight excluding hydrogens is 652 g/mol. The molecule has 19 nitrogen and oxygen atoms in total. The minimum Gasteiger partial charge on any atom is -0.505 e. The van der Waals surface area contributed by atoms with Crippen LogP contribution in [0.3, 0.4) is 0 Å². The third-order valence-electron chi connectivity index (χ3n) is 5.51. The number of nitro groups is 1. The number of phenolic OH excluding ortho intramolecular Hbond substituents is 2. The lowest BCUT2D eigenvalue weighted by Crippen LogP contribution is -1.99. The van der Waals surface area contributed by atoms with Gasteiger partial charge in [0.1, 0.15) is 26.9 Å². The van der Waals surface area contributed by atoms with Crippen molar-refractivity contribution in [2.75, 3.05) is 5.73 Å². The number of rotatable bonds is 10. The molecule has 0 heterocycles. The van der Waals surface area contributed by atoms with Gasteiger partial charge in [0, 0.05) is 17.8 Å². The molecule has 0 unspecified atom stereocenters. The van der Waals surface area contributed by atoms with E-state index in [4.69, 9.17) is 11.0 Å². The number of hydrogen-bond donors (Lipinski definition) is 6. The molecule has 0 aliphatic heterocycles. The van der Waals surface area contributed by atoms with E-state index in [0.717, 1.165) is 42.5 Å². The maximum Gasteiger partial charge on any atom is 0.296 e. The monoisotopic (exact) mass is 668 g/mol. The standard InChI is InChI=1S/C22H16N6O13S3/c23-11-4-5-16(43(34,35)36)14(8-11)25-26-19-15(42-41-40-33)6-10-7-17(44(37,38)39)20(22(30)18(10)21(19)29)27-24-12-2-1-3-13(9-12)28(31)32/h1-9,29-30,33H,23H2,(H,34,35,36)(H,37,38,39)/b26-25+,27-24+. The predicted octanol–water partition coefficient (Wildman–Crippen LogP) is 5.49. The highest BCUT2D eigenvalue weighted by molar-refractivity contribution is 7.94. The number of aromatic hydroxyl groups is 2. The van der Waals surface area contributed by atoms with Crippen molar-refractivity contribution >= 4 is 77.2 Å². The summed E-state index contributed by atoms with van der Waals surface area (Å²) in [6.45, 7) is 0. The number of azo groups is 2. The quantitative estimate of drug-likeness (QED) is 0.0231. The normalized spacial score (nSPS) is 12.4. The van der Waals surface area contributed by atoms with Crippen molar-refractivity contribution in [1.29, 1.82) is 0 Å². The lowest BCUT2D eigenvalue weighted by Gasteiger charge is -2.13. The van der Waals surface area contributed by atoms with Crippen LogP contribution in [0.1, 0.15) is 0 Å². The number of phenols is 2. The number of anilines is 1. The van der Waals surface area contributed by atoms with Crippen LogP contribution in [-0.4, -0.2) is 46.3 Å². The summed E-state index contributed by atoms with van der Waals surface area (Å²) in [5.74, 6) is -2.02. The van der Waals surface area contributed by atoms with E-state index in [1.165, 1.54) is 12.1 Å². The fraction of sp³-hybridized carbons (Fsp3) is 0. The van der Waals surface area contributed by atoms with Gasteiger partial charge in [-0.15, -0.1) is 19.7 Å². The lowest BCUT2D eigenvalue weighted by molar-refractivity contribution is -0.432. The van der Waals surface area contributed by atoms with E-state index in [9.17, 15) is 46.3 Å². The van der Waals surface area contributed by atoms with Gasteiger partial charge in [-0.3, -0.25) is 19.2 Å². The lowest BCUT2D eigenvalue weighted by atomic mass is 10.1. The van der Waals surface area contributed by atoms with Crippen LogP contribution in [0.15, 0.2) is 89.7 Å². The molecule has 0 aliphatic rings. The van der Waals surface area contributed by atoms with E-state index in [-0.39, 0.29) is 39.4 Å². The maximum absolute atomic E-state index is 12.2. The zero-order valence-electron chi connectivity index (χ0n) is 21.2. The van der Waals surface area contributed by atoms with Crippen molar-refractivity contribution in [2.24, 2.45) is 20.5 Å². The fourth-order valence-corrected chi connectivity index (χ4v) is 5.43. The van der Waals surface area contributed by atoms with Crippen LogP contribution in [0.25, 0.3) is 10.8 Å². The zero-order valence-corrected chi connectivity index (χ0v) is 23.7. The molecule has 7 N–H and O–H groups in total. The number of non-ortho nitro benzene ring substituents is 1. The molecule has 22 heteroatoms. The van der Waals surface area contributed by atoms with Gasteiger partial charge >= 0.3 is 0 Å². The molecule has 230 valence electrons. The van der Waals surface area contributed by atoms with Gasteiger partial charge in [-0.05, 0) is 41.8 Å². The highest BCUT2D eigenvalue weighted by atomic mass is 32.2. The number of benzene rings is 4. The summed E-state index contributed by atoms with van der Waals surface area (Å²) in [6, 6.07) is 9.55. The van der Waals surface area contributed by atoms with Crippen LogP contribution in [0.4, 0.5) is 34.1 Å². The van der Waals surface area contributed by atoms with Crippen LogP contribution in [0, 0.1) is 10.1 Å². The Balaban J connectivity index is 1.99. The molecule has 0 saturated heterocycles. The Kier molecular flexibility index (Phi) is 9.07. The Bertz CT molecular complexity index is 2090. The van der Waals surface area contributed by atoms with Crippen molar-refractivity contribution in [3.05, 3.63) is 64.7 Å². The molecule has 0 aliphatic carbocycles. The smallest absolute Gasteiger partial charge is 0.296 e. The van der Waals surface area contributed by atoms with Gasteiger partial charge in [0.05, 0.1) is 32.9 Å². The van der Waals surface area contributed by atoms with Crippen molar-refractivity contribution in [2.45, 2.75) is 14.7 Å². The van der Waals surface area contributed by atoms with Crippen molar-refractivity contribution in [3.8, 4) is 11.5 Å². The number of nitrogens with two attached hydrogens (primary N) is 1. The molecule has 4 aromatic rings. The largest absolute Gasteiger partial charge is 0.505 e. The van der Waals surface area contributed by atoms with E-state index < -0.39 is 68.9 Å². The second-order valence-electron chi connectivity index (χ2n) is 8.32. The van der Waals surface area contributed by atoms with Crippen LogP contribution in [0.2, 0.25) is 0 Å². The van der Waals surface area contributed by atoms with Crippen molar-refractivity contribution < 1.29 is 55.7 Å². The molecular formula is C22H16N6O13S3. The molecule has 4 rings (SSSR count). The summed E-state index contributed by atoms with van der Waals surface area (Å²) in [4.78, 5) is 8.33. The second-order valence-corrected chi connectivity index (χ2v) is 11.8. The predicted molar refractivity (Wildman–Crippen MR) is 150 cm³/mol. The molecule has 0 saturated carbocycles. The van der Waals surface area contributed by atoms with E-state index in [1.807, 2.05) is 0 Å². The molecule has 0 bridgehead atoms. The number of nitrogen functional groups attached to an aromatic ring is 1. The topological polar surface area (TPSA) is 306 Å². The summed E-state index contributed by atoms with van der Waals surface area (Å²) >= 11 is 0.190. The Morgan fingerprint density at radius 1 is 0.841 bits per heavy atom. The fourth-order valence-electron chi connectivity index (χ4n) is 3.68. The second kappa shape index (κ2) is 12.4. The first-order valence-electron chi connectivity index (χ1n) is 11.2. The number of nitro benzene ring substituents is 1. The third kappa shape index (κ3) is 6.87.